The molecule has 0 saturated heterocycles. The van der Waals surface area contributed by atoms with E-state index in [-0.39, 0.29) is 30.1 Å². The van der Waals surface area contributed by atoms with Crippen molar-refractivity contribution in [3.8, 4) is 0 Å². The number of anilines is 1. The van der Waals surface area contributed by atoms with E-state index in [1.165, 1.54) is 6.07 Å². The molecule has 1 aromatic heterocycles. The zero-order valence-electron chi connectivity index (χ0n) is 10.9. The molecular weight excluding hydrogens is 234 g/mol. The molecule has 1 heterocycles. The van der Waals surface area contributed by atoms with Crippen LogP contribution in [0, 0.1) is 23.0 Å². The molecular formula is C12H19N3O3. The number of nitrogens with one attached hydrogen (secondary N) is 1. The average Bonchev–Trinajstić information content (AvgIpc) is 2.28. The van der Waals surface area contributed by atoms with Crippen LogP contribution in [0.5, 0.6) is 0 Å². The number of nitrogens with zero attached hydrogens (tertiary/aromatic N) is 2. The zero-order chi connectivity index (χ0) is 13.7. The Morgan fingerprint density at radius 1 is 1.50 bits per heavy atom. The Labute approximate surface area is 106 Å². The fourth-order valence-electron chi connectivity index (χ4n) is 1.69. The first kappa shape index (κ1) is 14.4. The van der Waals surface area contributed by atoms with Crippen molar-refractivity contribution in [3.63, 3.8) is 0 Å². The standard InChI is InChI=1S/C12H19N3O3/c1-8(2)10(6-7-16)14-12-11(15(17)18)5-4-9(3)13-12/h4-5,8,10,16H,6-7H2,1-3H3,(H,13,14). The van der Waals surface area contributed by atoms with E-state index in [2.05, 4.69) is 10.3 Å². The van der Waals surface area contributed by atoms with E-state index >= 15 is 0 Å². The monoisotopic (exact) mass is 253 g/mol. The molecule has 18 heavy (non-hydrogen) atoms. The van der Waals surface area contributed by atoms with Gasteiger partial charge in [-0.1, -0.05) is 13.8 Å². The number of hydrogen-bond donors (Lipinski definition) is 2. The normalized spacial score (nSPS) is 12.5. The summed E-state index contributed by atoms with van der Waals surface area (Å²) in [5.74, 6) is 0.520. The van der Waals surface area contributed by atoms with Crippen LogP contribution in [0.15, 0.2) is 12.1 Å². The average molecular weight is 253 g/mol. The van der Waals surface area contributed by atoms with E-state index in [0.29, 0.717) is 6.42 Å². The summed E-state index contributed by atoms with van der Waals surface area (Å²) in [6.45, 7) is 5.81. The van der Waals surface area contributed by atoms with Gasteiger partial charge < -0.3 is 10.4 Å². The third-order valence-corrected chi connectivity index (χ3v) is 2.78. The highest BCUT2D eigenvalue weighted by Gasteiger charge is 2.20. The molecule has 0 spiro atoms. The van der Waals surface area contributed by atoms with Crippen LogP contribution in [-0.2, 0) is 0 Å². The molecule has 0 aliphatic rings. The van der Waals surface area contributed by atoms with Crippen LogP contribution in [-0.4, -0.2) is 27.7 Å². The summed E-state index contributed by atoms with van der Waals surface area (Å²) in [4.78, 5) is 14.6. The second-order valence-electron chi connectivity index (χ2n) is 4.58. The van der Waals surface area contributed by atoms with Crippen molar-refractivity contribution in [3.05, 3.63) is 27.9 Å². The number of rotatable bonds is 6. The van der Waals surface area contributed by atoms with Crippen LogP contribution < -0.4 is 5.32 Å². The molecule has 1 unspecified atom stereocenters. The van der Waals surface area contributed by atoms with Gasteiger partial charge in [-0.05, 0) is 25.3 Å². The molecule has 0 aliphatic heterocycles. The van der Waals surface area contributed by atoms with E-state index in [1.807, 2.05) is 13.8 Å². The van der Waals surface area contributed by atoms with Crippen LogP contribution >= 0.6 is 0 Å². The maximum absolute atomic E-state index is 10.9. The van der Waals surface area contributed by atoms with Crippen molar-refractivity contribution < 1.29 is 10.0 Å². The molecule has 0 aromatic carbocycles. The molecule has 1 aromatic rings. The predicted molar refractivity (Wildman–Crippen MR) is 69.6 cm³/mol. The van der Waals surface area contributed by atoms with E-state index < -0.39 is 4.92 Å². The summed E-state index contributed by atoms with van der Waals surface area (Å²) < 4.78 is 0. The number of pyridine rings is 1. The van der Waals surface area contributed by atoms with Gasteiger partial charge in [0, 0.05) is 24.4 Å². The lowest BCUT2D eigenvalue weighted by Gasteiger charge is -2.22. The Morgan fingerprint density at radius 3 is 2.67 bits per heavy atom. The molecule has 100 valence electrons. The minimum atomic E-state index is -0.453. The summed E-state index contributed by atoms with van der Waals surface area (Å²) in [7, 11) is 0. The smallest absolute Gasteiger partial charge is 0.311 e. The lowest BCUT2D eigenvalue weighted by Crippen LogP contribution is -2.27. The van der Waals surface area contributed by atoms with Crippen molar-refractivity contribution in [2.75, 3.05) is 11.9 Å². The highest BCUT2D eigenvalue weighted by Crippen LogP contribution is 2.24. The molecule has 0 bridgehead atoms. The van der Waals surface area contributed by atoms with Crippen molar-refractivity contribution in [2.24, 2.45) is 5.92 Å². The van der Waals surface area contributed by atoms with Gasteiger partial charge in [-0.3, -0.25) is 10.1 Å². The fourth-order valence-corrected chi connectivity index (χ4v) is 1.69. The quantitative estimate of drug-likeness (QED) is 0.598. The molecule has 0 radical (unpaired) electrons. The first-order valence-corrected chi connectivity index (χ1v) is 5.95. The predicted octanol–water partition coefficient (Wildman–Crippen LogP) is 2.12. The maximum atomic E-state index is 10.9. The minimum absolute atomic E-state index is 0.0372. The second-order valence-corrected chi connectivity index (χ2v) is 4.58. The lowest BCUT2D eigenvalue weighted by molar-refractivity contribution is -0.384. The Morgan fingerprint density at radius 2 is 2.17 bits per heavy atom. The highest BCUT2D eigenvalue weighted by molar-refractivity contribution is 5.56. The molecule has 0 aliphatic carbocycles. The van der Waals surface area contributed by atoms with E-state index in [9.17, 15) is 10.1 Å². The topological polar surface area (TPSA) is 88.3 Å². The Bertz CT molecular complexity index is 421. The molecule has 2 N–H and O–H groups in total. The van der Waals surface area contributed by atoms with Crippen molar-refractivity contribution in [1.29, 1.82) is 0 Å². The van der Waals surface area contributed by atoms with Crippen LogP contribution in [0.4, 0.5) is 11.5 Å². The first-order chi connectivity index (χ1) is 8.45. The molecule has 6 heteroatoms. The Hall–Kier alpha value is -1.69. The zero-order valence-corrected chi connectivity index (χ0v) is 10.9. The van der Waals surface area contributed by atoms with Crippen molar-refractivity contribution in [1.82, 2.24) is 4.98 Å². The van der Waals surface area contributed by atoms with Crippen LogP contribution in [0.3, 0.4) is 0 Å². The summed E-state index contributed by atoms with van der Waals surface area (Å²) in [5.41, 5.74) is 0.679. The van der Waals surface area contributed by atoms with Crippen LogP contribution in [0.25, 0.3) is 0 Å². The van der Waals surface area contributed by atoms with Gasteiger partial charge in [-0.15, -0.1) is 0 Å². The number of aryl methyl sites for hydroxylation is 1. The second kappa shape index (κ2) is 6.30. The molecule has 6 nitrogen and oxygen atoms in total. The van der Waals surface area contributed by atoms with Crippen LogP contribution in [0.1, 0.15) is 26.0 Å². The third-order valence-electron chi connectivity index (χ3n) is 2.78. The Kier molecular flexibility index (Phi) is 5.03. The third kappa shape index (κ3) is 3.66. The number of nitro groups is 1. The van der Waals surface area contributed by atoms with Crippen molar-refractivity contribution >= 4 is 11.5 Å². The summed E-state index contributed by atoms with van der Waals surface area (Å²) in [6, 6.07) is 3.02. The van der Waals surface area contributed by atoms with Gasteiger partial charge in [0.2, 0.25) is 5.82 Å². The van der Waals surface area contributed by atoms with Gasteiger partial charge in [0.15, 0.2) is 0 Å². The van der Waals surface area contributed by atoms with Crippen molar-refractivity contribution in [2.45, 2.75) is 33.2 Å². The SMILES string of the molecule is Cc1ccc([N+](=O)[O-])c(NC(CCO)C(C)C)n1. The molecule has 1 atom stereocenters. The molecule has 1 rings (SSSR count). The summed E-state index contributed by atoms with van der Waals surface area (Å²) >= 11 is 0. The number of aromatic nitrogens is 1. The van der Waals surface area contributed by atoms with Gasteiger partial charge >= 0.3 is 5.69 Å². The Balaban J connectivity index is 3.00. The van der Waals surface area contributed by atoms with E-state index in [1.54, 1.807) is 13.0 Å². The summed E-state index contributed by atoms with van der Waals surface area (Å²) in [6.07, 6.45) is 0.532. The van der Waals surface area contributed by atoms with Gasteiger partial charge in [-0.25, -0.2) is 4.98 Å². The largest absolute Gasteiger partial charge is 0.396 e. The van der Waals surface area contributed by atoms with Gasteiger partial charge in [0.1, 0.15) is 0 Å². The highest BCUT2D eigenvalue weighted by atomic mass is 16.6. The van der Waals surface area contributed by atoms with E-state index in [0.717, 1.165) is 5.69 Å². The molecule has 0 fully saturated rings. The number of aliphatic hydroxyl groups excluding tert-OH is 1. The molecule has 0 saturated carbocycles. The lowest BCUT2D eigenvalue weighted by atomic mass is 10.0. The molecule has 0 amide bonds. The maximum Gasteiger partial charge on any atom is 0.311 e. The fraction of sp³-hybridized carbons (Fsp3) is 0.583. The van der Waals surface area contributed by atoms with Gasteiger partial charge in [-0.2, -0.15) is 0 Å². The van der Waals surface area contributed by atoms with E-state index in [4.69, 9.17) is 5.11 Å². The first-order valence-electron chi connectivity index (χ1n) is 5.95. The number of aliphatic hydroxyl groups is 1. The number of hydrogen-bond acceptors (Lipinski definition) is 5. The van der Waals surface area contributed by atoms with Gasteiger partial charge in [0.05, 0.1) is 4.92 Å². The summed E-state index contributed by atoms with van der Waals surface area (Å²) in [5, 5.41) is 23.0. The van der Waals surface area contributed by atoms with Gasteiger partial charge in [0.25, 0.3) is 0 Å². The van der Waals surface area contributed by atoms with Crippen LogP contribution in [0.2, 0.25) is 0 Å². The minimum Gasteiger partial charge on any atom is -0.396 e.